The zero-order chi connectivity index (χ0) is 20.1. The van der Waals surface area contributed by atoms with Crippen molar-refractivity contribution in [2.24, 2.45) is 5.41 Å². The van der Waals surface area contributed by atoms with E-state index in [-0.39, 0.29) is 5.82 Å². The summed E-state index contributed by atoms with van der Waals surface area (Å²) in [6.07, 6.45) is 16.6. The number of aromatic nitrogens is 4. The van der Waals surface area contributed by atoms with Gasteiger partial charge in [0.05, 0.1) is 12.4 Å². The molecule has 3 saturated carbocycles. The Morgan fingerprint density at radius 3 is 2.47 bits per heavy atom. The molecule has 1 aliphatic heterocycles. The fraction of sp³-hybridized carbons (Fsp3) is 0.696. The molecule has 4 aliphatic rings. The van der Waals surface area contributed by atoms with Crippen LogP contribution in [0.1, 0.15) is 69.9 Å². The van der Waals surface area contributed by atoms with Gasteiger partial charge in [0.1, 0.15) is 5.69 Å². The minimum absolute atomic E-state index is 0.359. The Hall–Kier alpha value is -2.02. The topological polar surface area (TPSA) is 67.7 Å². The number of nitrogens with zero attached hydrogens (tertiary/aromatic N) is 4. The summed E-state index contributed by atoms with van der Waals surface area (Å²) in [5, 5.41) is 11.8. The van der Waals surface area contributed by atoms with Crippen LogP contribution in [0.2, 0.25) is 0 Å². The van der Waals surface area contributed by atoms with E-state index >= 15 is 0 Å². The van der Waals surface area contributed by atoms with Crippen LogP contribution < -0.4 is 10.6 Å². The molecular formula is C23H31FN6. The third-order valence-corrected chi connectivity index (χ3v) is 7.82. The minimum Gasteiger partial charge on any atom is -0.351 e. The van der Waals surface area contributed by atoms with E-state index in [1.807, 2.05) is 0 Å². The number of nitrogens with one attached hydrogen (secondary N) is 2. The number of rotatable bonds is 5. The predicted octanol–water partition coefficient (Wildman–Crippen LogP) is 4.07. The van der Waals surface area contributed by atoms with Crippen molar-refractivity contribution in [3.63, 3.8) is 0 Å². The van der Waals surface area contributed by atoms with Gasteiger partial charge < -0.3 is 10.6 Å². The maximum atomic E-state index is 14.6. The number of anilines is 1. The molecule has 7 heteroatoms. The molecule has 30 heavy (non-hydrogen) atoms. The minimum atomic E-state index is -0.363. The Labute approximate surface area is 177 Å². The molecule has 3 heterocycles. The van der Waals surface area contributed by atoms with Gasteiger partial charge in [0.15, 0.2) is 5.82 Å². The quantitative estimate of drug-likeness (QED) is 0.778. The van der Waals surface area contributed by atoms with Gasteiger partial charge in [-0.05, 0) is 63.2 Å². The molecule has 2 N–H and O–H groups in total. The Balaban J connectivity index is 1.12. The number of fused-ring (bicyclic) bond motifs is 1. The lowest BCUT2D eigenvalue weighted by atomic mass is 9.90. The Kier molecular flexibility index (Phi) is 4.55. The van der Waals surface area contributed by atoms with Gasteiger partial charge in [-0.1, -0.05) is 12.8 Å². The predicted molar refractivity (Wildman–Crippen MR) is 114 cm³/mol. The number of hydrogen-bond donors (Lipinski definition) is 2. The van der Waals surface area contributed by atoms with Crippen molar-refractivity contribution in [1.29, 1.82) is 0 Å². The molecule has 2 aromatic heterocycles. The molecule has 160 valence electrons. The lowest BCUT2D eigenvalue weighted by molar-refractivity contribution is 0.322. The molecule has 3 fully saturated rings. The molecule has 3 aliphatic carbocycles. The van der Waals surface area contributed by atoms with Gasteiger partial charge in [-0.25, -0.2) is 14.4 Å². The van der Waals surface area contributed by atoms with Crippen LogP contribution in [-0.2, 0) is 13.0 Å². The lowest BCUT2D eigenvalue weighted by Gasteiger charge is -2.31. The molecule has 2 aromatic rings. The van der Waals surface area contributed by atoms with E-state index in [4.69, 9.17) is 0 Å². The van der Waals surface area contributed by atoms with Crippen LogP contribution >= 0.6 is 0 Å². The highest BCUT2D eigenvalue weighted by Crippen LogP contribution is 2.54. The Morgan fingerprint density at radius 1 is 0.967 bits per heavy atom. The van der Waals surface area contributed by atoms with E-state index in [2.05, 4.69) is 30.4 Å². The fourth-order valence-electron chi connectivity index (χ4n) is 5.81. The molecular weight excluding hydrogens is 379 g/mol. The summed E-state index contributed by atoms with van der Waals surface area (Å²) in [7, 11) is 0. The summed E-state index contributed by atoms with van der Waals surface area (Å²) in [5.41, 5.74) is 2.76. The lowest BCUT2D eigenvalue weighted by Crippen LogP contribution is -2.41. The summed E-state index contributed by atoms with van der Waals surface area (Å²) < 4.78 is 16.7. The summed E-state index contributed by atoms with van der Waals surface area (Å²) in [4.78, 5) is 8.83. The normalized spacial score (nSPS) is 27.5. The second-order valence-corrected chi connectivity index (χ2v) is 10.1. The monoisotopic (exact) mass is 410 g/mol. The molecule has 0 amide bonds. The highest BCUT2D eigenvalue weighted by Gasteiger charge is 2.49. The summed E-state index contributed by atoms with van der Waals surface area (Å²) in [6.45, 7) is 0.971. The van der Waals surface area contributed by atoms with Crippen molar-refractivity contribution in [2.45, 2.75) is 95.3 Å². The average molecular weight is 411 g/mol. The maximum absolute atomic E-state index is 14.6. The van der Waals surface area contributed by atoms with E-state index in [1.165, 1.54) is 57.6 Å². The largest absolute Gasteiger partial charge is 0.351 e. The van der Waals surface area contributed by atoms with Crippen molar-refractivity contribution in [2.75, 3.05) is 5.32 Å². The molecule has 0 radical (unpaired) electrons. The van der Waals surface area contributed by atoms with Crippen molar-refractivity contribution in [1.82, 2.24) is 25.1 Å². The first-order chi connectivity index (χ1) is 14.7. The molecule has 6 nitrogen and oxygen atoms in total. The van der Waals surface area contributed by atoms with Gasteiger partial charge in [-0.15, -0.1) is 0 Å². The average Bonchev–Trinajstić information content (AvgIpc) is 3.06. The SMILES string of the molecule is Fc1cnc(NC2CCC(NC3CCCC3)CC2)nc1-c1cnn2c1CC1(CC1)C2. The number of hydrogen-bond acceptors (Lipinski definition) is 5. The van der Waals surface area contributed by atoms with E-state index in [9.17, 15) is 4.39 Å². The standard InChI is InChI=1S/C23H31FN6/c24-19-13-25-22(28-17-7-5-16(6-8-17)27-15-3-1-2-4-15)29-21(19)18-12-26-30-14-23(9-10-23)11-20(18)30/h12-13,15-17,27H,1-11,14H2,(H,25,28,29). The zero-order valence-corrected chi connectivity index (χ0v) is 17.5. The second kappa shape index (κ2) is 7.29. The van der Waals surface area contributed by atoms with Gasteiger partial charge in [0.2, 0.25) is 5.95 Å². The van der Waals surface area contributed by atoms with Crippen molar-refractivity contribution in [3.8, 4) is 11.3 Å². The van der Waals surface area contributed by atoms with Gasteiger partial charge in [-0.3, -0.25) is 4.68 Å². The first-order valence-electron chi connectivity index (χ1n) is 11.8. The highest BCUT2D eigenvalue weighted by molar-refractivity contribution is 5.64. The molecule has 0 atom stereocenters. The van der Waals surface area contributed by atoms with E-state index < -0.39 is 0 Å². The molecule has 0 bridgehead atoms. The molecule has 6 rings (SSSR count). The van der Waals surface area contributed by atoms with E-state index in [0.717, 1.165) is 43.1 Å². The van der Waals surface area contributed by atoms with Crippen molar-refractivity contribution in [3.05, 3.63) is 23.9 Å². The van der Waals surface area contributed by atoms with E-state index in [1.54, 1.807) is 6.20 Å². The third kappa shape index (κ3) is 3.51. The Bertz CT molecular complexity index is 922. The third-order valence-electron chi connectivity index (χ3n) is 7.82. The maximum Gasteiger partial charge on any atom is 0.223 e. The summed E-state index contributed by atoms with van der Waals surface area (Å²) >= 11 is 0. The smallest absolute Gasteiger partial charge is 0.223 e. The zero-order valence-electron chi connectivity index (χ0n) is 17.5. The first-order valence-corrected chi connectivity index (χ1v) is 11.8. The van der Waals surface area contributed by atoms with Crippen LogP contribution in [0.15, 0.2) is 12.4 Å². The molecule has 1 spiro atoms. The molecule has 0 saturated heterocycles. The summed E-state index contributed by atoms with van der Waals surface area (Å²) in [6, 6.07) is 1.73. The van der Waals surface area contributed by atoms with Crippen LogP contribution in [0, 0.1) is 11.2 Å². The molecule has 0 unspecified atom stereocenters. The van der Waals surface area contributed by atoms with Crippen LogP contribution in [-0.4, -0.2) is 37.9 Å². The molecule has 0 aromatic carbocycles. The van der Waals surface area contributed by atoms with Crippen molar-refractivity contribution >= 4 is 5.95 Å². The van der Waals surface area contributed by atoms with E-state index in [0.29, 0.717) is 29.1 Å². The fourth-order valence-corrected chi connectivity index (χ4v) is 5.81. The van der Waals surface area contributed by atoms with Crippen LogP contribution in [0.4, 0.5) is 10.3 Å². The van der Waals surface area contributed by atoms with Crippen molar-refractivity contribution < 1.29 is 4.39 Å². The van der Waals surface area contributed by atoms with Gasteiger partial charge in [-0.2, -0.15) is 5.10 Å². The first kappa shape index (κ1) is 18.7. The van der Waals surface area contributed by atoms with Gasteiger partial charge >= 0.3 is 0 Å². The Morgan fingerprint density at radius 2 is 1.70 bits per heavy atom. The van der Waals surface area contributed by atoms with Crippen LogP contribution in [0.5, 0.6) is 0 Å². The summed E-state index contributed by atoms with van der Waals surface area (Å²) in [5.74, 6) is 0.176. The highest BCUT2D eigenvalue weighted by atomic mass is 19.1. The van der Waals surface area contributed by atoms with Gasteiger partial charge in [0, 0.05) is 35.9 Å². The van der Waals surface area contributed by atoms with Crippen LogP contribution in [0.25, 0.3) is 11.3 Å². The number of halogens is 1. The second-order valence-electron chi connectivity index (χ2n) is 10.1. The van der Waals surface area contributed by atoms with Gasteiger partial charge in [0.25, 0.3) is 0 Å². The van der Waals surface area contributed by atoms with Crippen LogP contribution in [0.3, 0.4) is 0 Å².